The van der Waals surface area contributed by atoms with Crippen LogP contribution in [0.25, 0.3) is 0 Å². The summed E-state index contributed by atoms with van der Waals surface area (Å²) in [7, 11) is 0. The second-order valence-corrected chi connectivity index (χ2v) is 7.28. The number of carbonyl (C=O) groups excluding carboxylic acids is 1. The molecule has 5 rings (SSSR count). The van der Waals surface area contributed by atoms with Gasteiger partial charge in [-0.25, -0.2) is 0 Å². The fourth-order valence-corrected chi connectivity index (χ4v) is 4.55. The average molecular weight is 316 g/mol. The monoisotopic (exact) mass is 316 g/mol. The van der Waals surface area contributed by atoms with Crippen LogP contribution in [0.5, 0.6) is 0 Å². The third kappa shape index (κ3) is 2.92. The number of aromatic amines is 1. The van der Waals surface area contributed by atoms with Crippen molar-refractivity contribution in [2.75, 3.05) is 45.8 Å². The fraction of sp³-hybridized carbons (Fsp3) is 0.722. The van der Waals surface area contributed by atoms with Gasteiger partial charge in [0.15, 0.2) is 0 Å². The highest BCUT2D eigenvalue weighted by atomic mass is 16.2. The van der Waals surface area contributed by atoms with Crippen LogP contribution in [0.1, 0.15) is 35.9 Å². The van der Waals surface area contributed by atoms with Gasteiger partial charge in [0.05, 0.1) is 0 Å². The van der Waals surface area contributed by atoms with Gasteiger partial charge < -0.3 is 14.8 Å². The Bertz CT molecular complexity index is 553. The molecular formula is C18H28N4O. The Balaban J connectivity index is 1.34. The number of piperazine rings is 1. The van der Waals surface area contributed by atoms with Crippen molar-refractivity contribution < 1.29 is 4.79 Å². The third-order valence-corrected chi connectivity index (χ3v) is 6.05. The summed E-state index contributed by atoms with van der Waals surface area (Å²) in [5.74, 6) is 1.05. The standard InChI is InChI=1S/C18H28N4O/c1-2-15-3-4-16(19-15)18(23)22-11-9-21(10-12-22)17-13-20-7-5-14(17)6-8-20/h3-4,14,17,19H,2,5-13H2,1H3. The molecule has 4 saturated heterocycles. The predicted molar refractivity (Wildman–Crippen MR) is 90.6 cm³/mol. The number of H-pyrrole nitrogens is 1. The summed E-state index contributed by atoms with van der Waals surface area (Å²) in [6, 6.07) is 4.68. The lowest BCUT2D eigenvalue weighted by atomic mass is 9.83. The van der Waals surface area contributed by atoms with Gasteiger partial charge >= 0.3 is 0 Å². The molecule has 1 unspecified atom stereocenters. The van der Waals surface area contributed by atoms with Crippen LogP contribution in [0.2, 0.25) is 0 Å². The van der Waals surface area contributed by atoms with Crippen LogP contribution in [0.3, 0.4) is 0 Å². The van der Waals surface area contributed by atoms with Crippen molar-refractivity contribution in [3.63, 3.8) is 0 Å². The highest BCUT2D eigenvalue weighted by Gasteiger charge is 2.38. The van der Waals surface area contributed by atoms with E-state index in [-0.39, 0.29) is 5.91 Å². The van der Waals surface area contributed by atoms with Crippen LogP contribution in [0.15, 0.2) is 12.1 Å². The van der Waals surface area contributed by atoms with Gasteiger partial charge in [0, 0.05) is 44.5 Å². The Hall–Kier alpha value is -1.33. The molecule has 5 heteroatoms. The molecule has 5 nitrogen and oxygen atoms in total. The van der Waals surface area contributed by atoms with Gasteiger partial charge in [-0.05, 0) is 50.4 Å². The van der Waals surface area contributed by atoms with Gasteiger partial charge in [0.1, 0.15) is 5.69 Å². The van der Waals surface area contributed by atoms with E-state index in [2.05, 4.69) is 21.7 Å². The molecule has 126 valence electrons. The Labute approximate surface area is 138 Å². The number of carbonyl (C=O) groups is 1. The van der Waals surface area contributed by atoms with Gasteiger partial charge in [0.25, 0.3) is 5.91 Å². The first kappa shape index (κ1) is 15.2. The van der Waals surface area contributed by atoms with E-state index in [1.807, 2.05) is 17.0 Å². The van der Waals surface area contributed by atoms with Gasteiger partial charge in [-0.2, -0.15) is 0 Å². The van der Waals surface area contributed by atoms with E-state index in [1.54, 1.807) is 0 Å². The molecule has 0 saturated carbocycles. The number of fused-ring (bicyclic) bond motifs is 3. The maximum absolute atomic E-state index is 12.6. The van der Waals surface area contributed by atoms with Gasteiger partial charge in [-0.1, -0.05) is 6.92 Å². The first-order valence-corrected chi connectivity index (χ1v) is 9.18. The Morgan fingerprint density at radius 1 is 1.13 bits per heavy atom. The first-order valence-electron chi connectivity index (χ1n) is 9.18. The maximum Gasteiger partial charge on any atom is 0.270 e. The quantitative estimate of drug-likeness (QED) is 0.917. The summed E-state index contributed by atoms with van der Waals surface area (Å²) in [6.45, 7) is 9.73. The van der Waals surface area contributed by atoms with Gasteiger partial charge in [0.2, 0.25) is 0 Å². The van der Waals surface area contributed by atoms with Crippen LogP contribution in [-0.2, 0) is 6.42 Å². The Kier molecular flexibility index (Phi) is 4.16. The van der Waals surface area contributed by atoms with Crippen molar-refractivity contribution in [3.05, 3.63) is 23.5 Å². The van der Waals surface area contributed by atoms with Crippen molar-refractivity contribution in [1.82, 2.24) is 19.7 Å². The first-order chi connectivity index (χ1) is 11.2. The number of aryl methyl sites for hydroxylation is 1. The van der Waals surface area contributed by atoms with E-state index >= 15 is 0 Å². The van der Waals surface area contributed by atoms with Crippen molar-refractivity contribution in [2.24, 2.45) is 5.92 Å². The number of piperidine rings is 3. The third-order valence-electron chi connectivity index (χ3n) is 6.05. The SMILES string of the molecule is CCc1ccc(C(=O)N2CCN(C3CN4CCC3CC4)CC2)[nH]1. The second kappa shape index (κ2) is 6.29. The number of nitrogens with one attached hydrogen (secondary N) is 1. The summed E-state index contributed by atoms with van der Waals surface area (Å²) < 4.78 is 0. The zero-order valence-corrected chi connectivity index (χ0v) is 14.1. The normalized spacial score (nSPS) is 31.5. The van der Waals surface area contributed by atoms with E-state index in [0.717, 1.165) is 55.9 Å². The van der Waals surface area contributed by atoms with Crippen LogP contribution in [0.4, 0.5) is 0 Å². The minimum absolute atomic E-state index is 0.165. The van der Waals surface area contributed by atoms with E-state index in [4.69, 9.17) is 0 Å². The molecule has 1 aromatic rings. The van der Waals surface area contributed by atoms with E-state index in [9.17, 15) is 4.79 Å². The summed E-state index contributed by atoms with van der Waals surface area (Å²) >= 11 is 0. The van der Waals surface area contributed by atoms with Crippen LogP contribution < -0.4 is 0 Å². The minimum atomic E-state index is 0.165. The molecule has 1 N–H and O–H groups in total. The van der Waals surface area contributed by atoms with Gasteiger partial charge in [-0.3, -0.25) is 9.69 Å². The van der Waals surface area contributed by atoms with Crippen molar-refractivity contribution >= 4 is 5.91 Å². The van der Waals surface area contributed by atoms with E-state index in [0.29, 0.717) is 0 Å². The number of hydrogen-bond donors (Lipinski definition) is 1. The molecule has 0 radical (unpaired) electrons. The molecule has 1 amide bonds. The number of nitrogens with zero attached hydrogens (tertiary/aromatic N) is 3. The molecule has 4 aliphatic heterocycles. The molecule has 4 fully saturated rings. The lowest BCUT2D eigenvalue weighted by Gasteiger charge is -2.50. The highest BCUT2D eigenvalue weighted by molar-refractivity contribution is 5.92. The van der Waals surface area contributed by atoms with Crippen molar-refractivity contribution in [3.8, 4) is 0 Å². The average Bonchev–Trinajstić information content (AvgIpc) is 3.11. The Morgan fingerprint density at radius 3 is 2.43 bits per heavy atom. The van der Waals surface area contributed by atoms with Crippen molar-refractivity contribution in [1.29, 1.82) is 0 Å². The maximum atomic E-state index is 12.6. The molecule has 1 atom stereocenters. The molecular weight excluding hydrogens is 288 g/mol. The molecule has 1 aromatic heterocycles. The number of amides is 1. The van der Waals surface area contributed by atoms with Gasteiger partial charge in [-0.15, -0.1) is 0 Å². The molecule has 5 heterocycles. The minimum Gasteiger partial charge on any atom is -0.354 e. The smallest absolute Gasteiger partial charge is 0.270 e. The molecule has 0 spiro atoms. The van der Waals surface area contributed by atoms with Crippen LogP contribution >= 0.6 is 0 Å². The van der Waals surface area contributed by atoms with Crippen LogP contribution in [-0.4, -0.2) is 77.4 Å². The molecule has 0 aromatic carbocycles. The summed E-state index contributed by atoms with van der Waals surface area (Å²) in [5, 5.41) is 0. The zero-order chi connectivity index (χ0) is 15.8. The topological polar surface area (TPSA) is 42.6 Å². The number of rotatable bonds is 3. The predicted octanol–water partition coefficient (Wildman–Crippen LogP) is 1.43. The second-order valence-electron chi connectivity index (χ2n) is 7.28. The summed E-state index contributed by atoms with van der Waals surface area (Å²) in [4.78, 5) is 23.1. The molecule has 23 heavy (non-hydrogen) atoms. The van der Waals surface area contributed by atoms with E-state index < -0.39 is 0 Å². The summed E-state index contributed by atoms with van der Waals surface area (Å²) in [5.41, 5.74) is 1.89. The molecule has 2 bridgehead atoms. The van der Waals surface area contributed by atoms with Crippen LogP contribution in [0, 0.1) is 5.92 Å². The van der Waals surface area contributed by atoms with Crippen molar-refractivity contribution in [2.45, 2.75) is 32.2 Å². The lowest BCUT2D eigenvalue weighted by Crippen LogP contribution is -2.61. The Morgan fingerprint density at radius 2 is 1.87 bits per heavy atom. The fourth-order valence-electron chi connectivity index (χ4n) is 4.55. The summed E-state index contributed by atoms with van der Waals surface area (Å²) in [6.07, 6.45) is 3.68. The van der Waals surface area contributed by atoms with E-state index in [1.165, 1.54) is 32.5 Å². The number of aromatic nitrogens is 1. The number of hydrogen-bond acceptors (Lipinski definition) is 3. The highest BCUT2D eigenvalue weighted by Crippen LogP contribution is 2.31. The molecule has 0 aliphatic carbocycles. The molecule has 4 aliphatic rings. The largest absolute Gasteiger partial charge is 0.354 e. The lowest BCUT2D eigenvalue weighted by molar-refractivity contribution is -0.0131. The zero-order valence-electron chi connectivity index (χ0n) is 14.1.